The van der Waals surface area contributed by atoms with Gasteiger partial charge in [0, 0.05) is 38.0 Å². The van der Waals surface area contributed by atoms with Crippen LogP contribution in [0.25, 0.3) is 0 Å². The normalized spacial score (nSPS) is 22.8. The molecule has 0 radical (unpaired) electrons. The molecule has 4 heterocycles. The van der Waals surface area contributed by atoms with Crippen molar-refractivity contribution in [3.05, 3.63) is 34.3 Å². The maximum absolute atomic E-state index is 13.4. The van der Waals surface area contributed by atoms with Gasteiger partial charge in [-0.15, -0.1) is 10.2 Å². The molecule has 2 aromatic heterocycles. The van der Waals surface area contributed by atoms with Gasteiger partial charge in [0.05, 0.1) is 11.6 Å². The average Bonchev–Trinajstić information content (AvgIpc) is 3.20. The molecular formula is C22H31N5O2. The Morgan fingerprint density at radius 2 is 1.86 bits per heavy atom. The second-order valence-corrected chi connectivity index (χ2v) is 8.80. The third-order valence-corrected chi connectivity index (χ3v) is 6.97. The van der Waals surface area contributed by atoms with Gasteiger partial charge in [0.15, 0.2) is 0 Å². The number of hydrogen-bond acceptors (Lipinski definition) is 5. The molecule has 1 atom stereocenters. The summed E-state index contributed by atoms with van der Waals surface area (Å²) in [7, 11) is 2.18. The van der Waals surface area contributed by atoms with Gasteiger partial charge in [0.25, 0.3) is 5.91 Å². The summed E-state index contributed by atoms with van der Waals surface area (Å²) in [5, 5.41) is 9.06. The minimum Gasteiger partial charge on any atom is -0.465 e. The third kappa shape index (κ3) is 3.29. The molecule has 0 saturated carbocycles. The summed E-state index contributed by atoms with van der Waals surface area (Å²) < 4.78 is 8.23. The summed E-state index contributed by atoms with van der Waals surface area (Å²) in [4.78, 5) is 17.8. The van der Waals surface area contributed by atoms with Gasteiger partial charge in [-0.05, 0) is 52.6 Å². The molecule has 1 saturated heterocycles. The first-order valence-corrected chi connectivity index (χ1v) is 11.2. The second-order valence-electron chi connectivity index (χ2n) is 8.80. The zero-order valence-electron chi connectivity index (χ0n) is 17.6. The standard InChI is InChI=1S/C22H31N5O2/c1-15-20(16-7-3-4-9-18(16)29-15)22(28)26-12-10-19-23-24-21(27(19)14-13-26)17-8-5-6-11-25(17)2/h17H,3-14H2,1-2H3/t17-/m1/s1. The molecule has 0 bridgehead atoms. The molecule has 2 aromatic rings. The molecule has 7 nitrogen and oxygen atoms in total. The Hall–Kier alpha value is -2.15. The first kappa shape index (κ1) is 18.9. The fourth-order valence-corrected chi connectivity index (χ4v) is 5.34. The van der Waals surface area contributed by atoms with Crippen LogP contribution in [0.5, 0.6) is 0 Å². The molecule has 1 aliphatic carbocycles. The van der Waals surface area contributed by atoms with Gasteiger partial charge in [-0.2, -0.15) is 0 Å². The Labute approximate surface area is 172 Å². The number of nitrogens with zero attached hydrogens (tertiary/aromatic N) is 5. The molecule has 156 valence electrons. The third-order valence-electron chi connectivity index (χ3n) is 6.97. The average molecular weight is 398 g/mol. The number of aryl methyl sites for hydroxylation is 2. The smallest absolute Gasteiger partial charge is 0.257 e. The number of carbonyl (C=O) groups excluding carboxylic acids is 1. The van der Waals surface area contributed by atoms with Gasteiger partial charge in [-0.3, -0.25) is 9.69 Å². The predicted molar refractivity (Wildman–Crippen MR) is 109 cm³/mol. The van der Waals surface area contributed by atoms with Crippen LogP contribution >= 0.6 is 0 Å². The van der Waals surface area contributed by atoms with Crippen molar-refractivity contribution in [1.29, 1.82) is 0 Å². The molecule has 3 aliphatic rings. The number of likely N-dealkylation sites (tertiary alicyclic amines) is 1. The van der Waals surface area contributed by atoms with E-state index in [1.165, 1.54) is 12.8 Å². The monoisotopic (exact) mass is 397 g/mol. The van der Waals surface area contributed by atoms with E-state index >= 15 is 0 Å². The summed E-state index contributed by atoms with van der Waals surface area (Å²) in [6, 6.07) is 0.343. The second kappa shape index (κ2) is 7.59. The quantitative estimate of drug-likeness (QED) is 0.779. The number of amides is 1. The molecule has 0 unspecified atom stereocenters. The van der Waals surface area contributed by atoms with E-state index in [9.17, 15) is 4.79 Å². The van der Waals surface area contributed by atoms with Crippen LogP contribution in [0, 0.1) is 6.92 Å². The van der Waals surface area contributed by atoms with Crippen LogP contribution in [0.1, 0.15) is 77.2 Å². The molecule has 5 rings (SSSR count). The van der Waals surface area contributed by atoms with E-state index in [1.807, 2.05) is 11.8 Å². The maximum Gasteiger partial charge on any atom is 0.257 e. The summed E-state index contributed by atoms with van der Waals surface area (Å²) in [6.45, 7) is 5.22. The maximum atomic E-state index is 13.4. The van der Waals surface area contributed by atoms with Gasteiger partial charge in [0.1, 0.15) is 23.2 Å². The van der Waals surface area contributed by atoms with Crippen molar-refractivity contribution in [3.63, 3.8) is 0 Å². The Balaban J connectivity index is 1.36. The first-order valence-electron chi connectivity index (χ1n) is 11.2. The molecule has 2 aliphatic heterocycles. The van der Waals surface area contributed by atoms with Crippen molar-refractivity contribution in [3.8, 4) is 0 Å². The molecule has 0 aromatic carbocycles. The van der Waals surface area contributed by atoms with Crippen LogP contribution in [-0.4, -0.2) is 57.2 Å². The van der Waals surface area contributed by atoms with E-state index in [-0.39, 0.29) is 5.91 Å². The summed E-state index contributed by atoms with van der Waals surface area (Å²) in [6.07, 6.45) is 8.62. The van der Waals surface area contributed by atoms with E-state index in [2.05, 4.69) is 26.7 Å². The molecule has 7 heteroatoms. The van der Waals surface area contributed by atoms with Crippen LogP contribution in [0.4, 0.5) is 0 Å². The van der Waals surface area contributed by atoms with Crippen molar-refractivity contribution in [2.45, 2.75) is 70.9 Å². The fourth-order valence-electron chi connectivity index (χ4n) is 5.34. The van der Waals surface area contributed by atoms with Gasteiger partial charge in [0.2, 0.25) is 0 Å². The molecule has 29 heavy (non-hydrogen) atoms. The molecule has 1 amide bonds. The molecule has 1 fully saturated rings. The highest BCUT2D eigenvalue weighted by molar-refractivity contribution is 5.97. The van der Waals surface area contributed by atoms with Gasteiger partial charge >= 0.3 is 0 Å². The Morgan fingerprint density at radius 1 is 1.00 bits per heavy atom. The Morgan fingerprint density at radius 3 is 2.72 bits per heavy atom. The highest BCUT2D eigenvalue weighted by Crippen LogP contribution is 2.32. The highest BCUT2D eigenvalue weighted by atomic mass is 16.3. The lowest BCUT2D eigenvalue weighted by molar-refractivity contribution is 0.0755. The van der Waals surface area contributed by atoms with Gasteiger partial charge in [-0.1, -0.05) is 6.42 Å². The number of furan rings is 1. The van der Waals surface area contributed by atoms with Gasteiger partial charge in [-0.25, -0.2) is 0 Å². The van der Waals surface area contributed by atoms with Crippen LogP contribution in [0.2, 0.25) is 0 Å². The SMILES string of the molecule is Cc1oc2c(c1C(=O)N1CCc3nnc([C@H]4CCCCN4C)n3CC1)CCCC2. The topological polar surface area (TPSA) is 67.4 Å². The first-order chi connectivity index (χ1) is 14.1. The van der Waals surface area contributed by atoms with E-state index in [1.54, 1.807) is 0 Å². The number of fused-ring (bicyclic) bond motifs is 2. The number of carbonyl (C=O) groups is 1. The molecular weight excluding hydrogens is 366 g/mol. The van der Waals surface area contributed by atoms with Crippen LogP contribution in [0.3, 0.4) is 0 Å². The van der Waals surface area contributed by atoms with Crippen LogP contribution in [-0.2, 0) is 25.8 Å². The van der Waals surface area contributed by atoms with E-state index in [0.29, 0.717) is 19.1 Å². The number of aromatic nitrogens is 3. The minimum absolute atomic E-state index is 0.129. The van der Waals surface area contributed by atoms with Gasteiger partial charge < -0.3 is 13.9 Å². The Kier molecular flexibility index (Phi) is 4.94. The number of piperidine rings is 1. The molecule has 0 spiro atoms. The predicted octanol–water partition coefficient (Wildman–Crippen LogP) is 2.91. The molecule has 0 N–H and O–H groups in total. The lowest BCUT2D eigenvalue weighted by atomic mass is 9.94. The van der Waals surface area contributed by atoms with E-state index in [4.69, 9.17) is 4.42 Å². The fraction of sp³-hybridized carbons (Fsp3) is 0.682. The summed E-state index contributed by atoms with van der Waals surface area (Å²) in [5.74, 6) is 4.04. The Bertz CT molecular complexity index is 915. The summed E-state index contributed by atoms with van der Waals surface area (Å²) in [5.41, 5.74) is 1.98. The van der Waals surface area contributed by atoms with E-state index in [0.717, 1.165) is 85.9 Å². The number of rotatable bonds is 2. The van der Waals surface area contributed by atoms with Crippen molar-refractivity contribution in [2.75, 3.05) is 26.7 Å². The highest BCUT2D eigenvalue weighted by Gasteiger charge is 2.32. The lowest BCUT2D eigenvalue weighted by Gasteiger charge is -2.32. The zero-order valence-corrected chi connectivity index (χ0v) is 17.6. The zero-order chi connectivity index (χ0) is 20.0. The summed E-state index contributed by atoms with van der Waals surface area (Å²) >= 11 is 0. The van der Waals surface area contributed by atoms with Crippen molar-refractivity contribution < 1.29 is 9.21 Å². The van der Waals surface area contributed by atoms with Crippen LogP contribution < -0.4 is 0 Å². The van der Waals surface area contributed by atoms with Crippen molar-refractivity contribution >= 4 is 5.91 Å². The van der Waals surface area contributed by atoms with E-state index < -0.39 is 0 Å². The van der Waals surface area contributed by atoms with Crippen molar-refractivity contribution in [2.24, 2.45) is 0 Å². The van der Waals surface area contributed by atoms with Crippen molar-refractivity contribution in [1.82, 2.24) is 24.6 Å². The number of hydrogen-bond donors (Lipinski definition) is 0. The van der Waals surface area contributed by atoms with Crippen LogP contribution in [0.15, 0.2) is 4.42 Å². The minimum atomic E-state index is 0.129. The largest absolute Gasteiger partial charge is 0.465 e. The lowest BCUT2D eigenvalue weighted by Crippen LogP contribution is -2.35.